The number of rotatable bonds is 4. The Bertz CT molecular complexity index is 855. The molecule has 1 aliphatic rings. The number of nitrogens with one attached hydrogen (secondary N) is 1. The number of nitrogen functional groups attached to an aromatic ring is 1. The van der Waals surface area contributed by atoms with Gasteiger partial charge < -0.3 is 20.9 Å². The molecule has 0 radical (unpaired) electrons. The molecular weight excluding hydrogens is 435 g/mol. The fourth-order valence-corrected chi connectivity index (χ4v) is 3.32. The third-order valence-electron chi connectivity index (χ3n) is 4.71. The second-order valence-electron chi connectivity index (χ2n) is 6.60. The van der Waals surface area contributed by atoms with Gasteiger partial charge in [0.15, 0.2) is 0 Å². The molecule has 1 aliphatic heterocycles. The van der Waals surface area contributed by atoms with E-state index in [0.29, 0.717) is 29.4 Å². The molecule has 158 valence electrons. The normalized spacial score (nSPS) is 13.2. The second kappa shape index (κ2) is 11.1. The van der Waals surface area contributed by atoms with Crippen molar-refractivity contribution in [1.82, 2.24) is 10.2 Å². The van der Waals surface area contributed by atoms with Crippen molar-refractivity contribution in [3.8, 4) is 0 Å². The lowest BCUT2D eigenvalue weighted by molar-refractivity contribution is -0.130. The highest BCUT2D eigenvalue weighted by molar-refractivity contribution is 6.30. The molecule has 0 atom stereocenters. The predicted molar refractivity (Wildman–Crippen MR) is 123 cm³/mol. The van der Waals surface area contributed by atoms with Crippen molar-refractivity contribution in [2.75, 3.05) is 43.4 Å². The average molecular weight is 460 g/mol. The number of hydrogen-bond donors (Lipinski definition) is 2. The van der Waals surface area contributed by atoms with Crippen LogP contribution in [0, 0.1) is 6.92 Å². The highest BCUT2D eigenvalue weighted by Gasteiger charge is 2.22. The zero-order valence-corrected chi connectivity index (χ0v) is 18.4. The van der Waals surface area contributed by atoms with Crippen LogP contribution in [0.1, 0.15) is 15.9 Å². The zero-order chi connectivity index (χ0) is 19.4. The van der Waals surface area contributed by atoms with E-state index in [9.17, 15) is 9.59 Å². The molecular formula is C20H25Cl3N4O2. The predicted octanol–water partition coefficient (Wildman–Crippen LogP) is 3.15. The van der Waals surface area contributed by atoms with Gasteiger partial charge in [0.1, 0.15) is 0 Å². The molecule has 6 nitrogen and oxygen atoms in total. The van der Waals surface area contributed by atoms with Crippen LogP contribution in [0.25, 0.3) is 0 Å². The van der Waals surface area contributed by atoms with E-state index in [1.807, 2.05) is 31.2 Å². The van der Waals surface area contributed by atoms with Gasteiger partial charge in [-0.1, -0.05) is 23.7 Å². The van der Waals surface area contributed by atoms with Crippen molar-refractivity contribution in [2.45, 2.75) is 6.92 Å². The van der Waals surface area contributed by atoms with E-state index in [1.165, 1.54) is 0 Å². The first-order valence-corrected chi connectivity index (χ1v) is 9.24. The summed E-state index contributed by atoms with van der Waals surface area (Å²) in [5, 5.41) is 3.40. The smallest absolute Gasteiger partial charge is 0.252 e. The van der Waals surface area contributed by atoms with Crippen molar-refractivity contribution in [2.24, 2.45) is 0 Å². The minimum Gasteiger partial charge on any atom is -0.399 e. The molecule has 0 saturated carbocycles. The highest BCUT2D eigenvalue weighted by atomic mass is 35.5. The zero-order valence-electron chi connectivity index (χ0n) is 16.1. The number of carbonyl (C=O) groups excluding carboxylic acids is 2. The summed E-state index contributed by atoms with van der Waals surface area (Å²) in [5.74, 6) is -0.374. The number of piperazine rings is 1. The van der Waals surface area contributed by atoms with Crippen LogP contribution in [-0.4, -0.2) is 49.4 Å². The van der Waals surface area contributed by atoms with Crippen LogP contribution in [0.3, 0.4) is 0 Å². The van der Waals surface area contributed by atoms with Gasteiger partial charge in [0.25, 0.3) is 5.91 Å². The van der Waals surface area contributed by atoms with E-state index in [-0.39, 0.29) is 43.2 Å². The molecule has 3 N–H and O–H groups in total. The molecule has 1 heterocycles. The first-order valence-electron chi connectivity index (χ1n) is 8.86. The summed E-state index contributed by atoms with van der Waals surface area (Å²) in [6, 6.07) is 12.9. The van der Waals surface area contributed by atoms with Crippen molar-refractivity contribution >= 4 is 59.6 Å². The molecule has 0 aromatic heterocycles. The van der Waals surface area contributed by atoms with Gasteiger partial charge in [0.2, 0.25) is 5.91 Å². The summed E-state index contributed by atoms with van der Waals surface area (Å²) in [5.41, 5.74) is 8.64. The average Bonchev–Trinajstić information content (AvgIpc) is 2.68. The standard InChI is InChI=1S/C20H23ClN4O2.2ClH/c1-14-5-6-16(22)12-18(14)20(27)23-13-19(26)25-9-7-24(8-10-25)17-4-2-3-15(21)11-17;;/h2-6,11-12H,7-10,13,22H2,1H3,(H,23,27);2*1H. The quantitative estimate of drug-likeness (QED) is 0.689. The Morgan fingerprint density at radius 2 is 1.76 bits per heavy atom. The minimum atomic E-state index is -0.286. The highest BCUT2D eigenvalue weighted by Crippen LogP contribution is 2.20. The topological polar surface area (TPSA) is 78.7 Å². The Labute approximate surface area is 188 Å². The Morgan fingerprint density at radius 1 is 1.07 bits per heavy atom. The summed E-state index contributed by atoms with van der Waals surface area (Å²) in [6.07, 6.45) is 0. The number of aryl methyl sites for hydroxylation is 1. The molecule has 29 heavy (non-hydrogen) atoms. The fourth-order valence-electron chi connectivity index (χ4n) is 3.13. The molecule has 1 fully saturated rings. The van der Waals surface area contributed by atoms with E-state index in [1.54, 1.807) is 23.1 Å². The van der Waals surface area contributed by atoms with Crippen molar-refractivity contribution in [1.29, 1.82) is 0 Å². The number of nitrogens with two attached hydrogens (primary N) is 1. The monoisotopic (exact) mass is 458 g/mol. The van der Waals surface area contributed by atoms with Crippen molar-refractivity contribution in [3.05, 3.63) is 58.6 Å². The van der Waals surface area contributed by atoms with Crippen LogP contribution in [0.2, 0.25) is 5.02 Å². The fraction of sp³-hybridized carbons (Fsp3) is 0.300. The molecule has 0 aliphatic carbocycles. The molecule has 1 saturated heterocycles. The van der Waals surface area contributed by atoms with E-state index < -0.39 is 0 Å². The summed E-state index contributed by atoms with van der Waals surface area (Å²) in [7, 11) is 0. The molecule has 0 bridgehead atoms. The maximum absolute atomic E-state index is 12.4. The number of anilines is 2. The Morgan fingerprint density at radius 3 is 2.41 bits per heavy atom. The van der Waals surface area contributed by atoms with Crippen LogP contribution in [0.5, 0.6) is 0 Å². The maximum Gasteiger partial charge on any atom is 0.252 e. The Hall–Kier alpha value is -2.15. The minimum absolute atomic E-state index is 0. The number of carbonyl (C=O) groups is 2. The van der Waals surface area contributed by atoms with Crippen molar-refractivity contribution in [3.63, 3.8) is 0 Å². The Balaban J connectivity index is 0.00000210. The number of amides is 2. The summed E-state index contributed by atoms with van der Waals surface area (Å²) >= 11 is 6.05. The second-order valence-corrected chi connectivity index (χ2v) is 7.04. The summed E-state index contributed by atoms with van der Waals surface area (Å²) in [6.45, 7) is 4.50. The van der Waals surface area contributed by atoms with Gasteiger partial charge in [-0.3, -0.25) is 9.59 Å². The molecule has 2 amide bonds. The number of nitrogens with zero attached hydrogens (tertiary/aromatic N) is 2. The third kappa shape index (κ3) is 6.42. The number of hydrogen-bond acceptors (Lipinski definition) is 4. The third-order valence-corrected chi connectivity index (χ3v) is 4.95. The molecule has 0 spiro atoms. The van der Waals surface area contributed by atoms with Gasteiger partial charge in [-0.2, -0.15) is 0 Å². The van der Waals surface area contributed by atoms with Gasteiger partial charge in [0, 0.05) is 48.1 Å². The molecule has 2 aromatic carbocycles. The van der Waals surface area contributed by atoms with E-state index in [4.69, 9.17) is 17.3 Å². The van der Waals surface area contributed by atoms with E-state index in [2.05, 4.69) is 10.2 Å². The lowest BCUT2D eigenvalue weighted by Gasteiger charge is -2.36. The lowest BCUT2D eigenvalue weighted by atomic mass is 10.1. The van der Waals surface area contributed by atoms with Crippen LogP contribution < -0.4 is 16.0 Å². The SMILES string of the molecule is Cc1ccc(N)cc1C(=O)NCC(=O)N1CCN(c2cccc(Cl)c2)CC1.Cl.Cl. The van der Waals surface area contributed by atoms with E-state index >= 15 is 0 Å². The number of halogens is 3. The van der Waals surface area contributed by atoms with Crippen LogP contribution in [0.4, 0.5) is 11.4 Å². The molecule has 3 rings (SSSR count). The van der Waals surface area contributed by atoms with Crippen LogP contribution >= 0.6 is 36.4 Å². The number of benzene rings is 2. The van der Waals surface area contributed by atoms with Crippen LogP contribution in [0.15, 0.2) is 42.5 Å². The van der Waals surface area contributed by atoms with Crippen LogP contribution in [-0.2, 0) is 4.79 Å². The van der Waals surface area contributed by atoms with Gasteiger partial charge in [0.05, 0.1) is 6.54 Å². The molecule has 0 unspecified atom stereocenters. The molecule has 9 heteroatoms. The first-order chi connectivity index (χ1) is 12.9. The largest absolute Gasteiger partial charge is 0.399 e. The summed E-state index contributed by atoms with van der Waals surface area (Å²) < 4.78 is 0. The molecule has 2 aromatic rings. The lowest BCUT2D eigenvalue weighted by Crippen LogP contribution is -2.51. The van der Waals surface area contributed by atoms with Gasteiger partial charge in [-0.25, -0.2) is 0 Å². The van der Waals surface area contributed by atoms with Crippen molar-refractivity contribution < 1.29 is 9.59 Å². The van der Waals surface area contributed by atoms with Gasteiger partial charge in [-0.05, 0) is 42.8 Å². The first kappa shape index (κ1) is 24.9. The Kier molecular flexibility index (Phi) is 9.56. The summed E-state index contributed by atoms with van der Waals surface area (Å²) in [4.78, 5) is 28.7. The van der Waals surface area contributed by atoms with Gasteiger partial charge >= 0.3 is 0 Å². The van der Waals surface area contributed by atoms with Gasteiger partial charge in [-0.15, -0.1) is 24.8 Å². The maximum atomic E-state index is 12.4. The van der Waals surface area contributed by atoms with E-state index in [0.717, 1.165) is 24.3 Å².